The molecule has 0 fully saturated rings. The summed E-state index contributed by atoms with van der Waals surface area (Å²) in [6, 6.07) is 13.1. The lowest BCUT2D eigenvalue weighted by Gasteiger charge is -2.16. The van der Waals surface area contributed by atoms with Gasteiger partial charge in [-0.2, -0.15) is 5.10 Å². The summed E-state index contributed by atoms with van der Waals surface area (Å²) in [7, 11) is 1.97. The van der Waals surface area contributed by atoms with Gasteiger partial charge in [-0.1, -0.05) is 37.3 Å². The molecule has 102 valence electrons. The quantitative estimate of drug-likeness (QED) is 0.826. The maximum atomic E-state index is 4.53. The lowest BCUT2D eigenvalue weighted by Crippen LogP contribution is -2.23. The van der Waals surface area contributed by atoms with E-state index in [1.807, 2.05) is 17.9 Å². The fraction of sp³-hybridized carbons (Fsp3) is 0.438. The first-order valence-corrected chi connectivity index (χ1v) is 7.06. The summed E-state index contributed by atoms with van der Waals surface area (Å²) in [6.45, 7) is 3.23. The van der Waals surface area contributed by atoms with Gasteiger partial charge in [0.1, 0.15) is 0 Å². The molecular formula is C16H23N3. The summed E-state index contributed by atoms with van der Waals surface area (Å²) in [5, 5.41) is 8.12. The largest absolute Gasteiger partial charge is 0.309 e. The highest BCUT2D eigenvalue weighted by Crippen LogP contribution is 2.17. The van der Waals surface area contributed by atoms with Gasteiger partial charge in [-0.3, -0.25) is 4.68 Å². The van der Waals surface area contributed by atoms with E-state index in [-0.39, 0.29) is 0 Å². The molecule has 0 saturated heterocycles. The van der Waals surface area contributed by atoms with E-state index in [0.29, 0.717) is 6.04 Å². The summed E-state index contributed by atoms with van der Waals surface area (Å²) < 4.78 is 1.87. The molecule has 2 aromatic rings. The maximum absolute atomic E-state index is 4.53. The maximum Gasteiger partial charge on any atom is 0.0793 e. The van der Waals surface area contributed by atoms with Gasteiger partial charge in [-0.15, -0.1) is 0 Å². The molecule has 0 aliphatic heterocycles. The molecule has 0 aliphatic carbocycles. The van der Waals surface area contributed by atoms with Crippen LogP contribution >= 0.6 is 0 Å². The molecular weight excluding hydrogens is 234 g/mol. The van der Waals surface area contributed by atoms with E-state index in [1.165, 1.54) is 5.56 Å². The summed E-state index contributed by atoms with van der Waals surface area (Å²) in [5.74, 6) is 0. The van der Waals surface area contributed by atoms with Crippen LogP contribution in [0.5, 0.6) is 0 Å². The van der Waals surface area contributed by atoms with Gasteiger partial charge in [0.05, 0.1) is 11.7 Å². The Hall–Kier alpha value is -1.61. The van der Waals surface area contributed by atoms with E-state index >= 15 is 0 Å². The van der Waals surface area contributed by atoms with Crippen LogP contribution < -0.4 is 5.32 Å². The van der Waals surface area contributed by atoms with E-state index in [2.05, 4.69) is 53.7 Å². The van der Waals surface area contributed by atoms with Crippen LogP contribution in [0.1, 0.15) is 37.1 Å². The van der Waals surface area contributed by atoms with Crippen molar-refractivity contribution in [2.24, 2.45) is 7.05 Å². The van der Waals surface area contributed by atoms with Crippen LogP contribution in [0.25, 0.3) is 0 Å². The highest BCUT2D eigenvalue weighted by Gasteiger charge is 2.13. The summed E-state index contributed by atoms with van der Waals surface area (Å²) in [6.07, 6.45) is 5.33. The van der Waals surface area contributed by atoms with Gasteiger partial charge in [0, 0.05) is 13.2 Å². The zero-order chi connectivity index (χ0) is 13.5. The third-order valence-corrected chi connectivity index (χ3v) is 3.30. The van der Waals surface area contributed by atoms with Crippen LogP contribution in [0.4, 0.5) is 0 Å². The number of rotatable bonds is 7. The first-order chi connectivity index (χ1) is 9.29. The Bertz CT molecular complexity index is 476. The average molecular weight is 257 g/mol. The van der Waals surface area contributed by atoms with Gasteiger partial charge in [0.25, 0.3) is 0 Å². The van der Waals surface area contributed by atoms with E-state index in [4.69, 9.17) is 0 Å². The van der Waals surface area contributed by atoms with Crippen molar-refractivity contribution in [1.29, 1.82) is 0 Å². The van der Waals surface area contributed by atoms with E-state index < -0.39 is 0 Å². The van der Waals surface area contributed by atoms with Crippen LogP contribution in [-0.4, -0.2) is 16.3 Å². The van der Waals surface area contributed by atoms with Crippen molar-refractivity contribution in [3.05, 3.63) is 53.9 Å². The van der Waals surface area contributed by atoms with Crippen molar-refractivity contribution in [3.63, 3.8) is 0 Å². The first kappa shape index (κ1) is 13.8. The Labute approximate surface area is 115 Å². The molecule has 3 heteroatoms. The van der Waals surface area contributed by atoms with Crippen molar-refractivity contribution in [2.45, 2.75) is 32.2 Å². The Morgan fingerprint density at radius 1 is 1.21 bits per heavy atom. The summed E-state index contributed by atoms with van der Waals surface area (Å²) in [5.41, 5.74) is 2.54. The number of nitrogens with one attached hydrogen (secondary N) is 1. The molecule has 2 rings (SSSR count). The highest BCUT2D eigenvalue weighted by molar-refractivity contribution is 5.15. The molecule has 1 aromatic carbocycles. The molecule has 1 N–H and O–H groups in total. The predicted molar refractivity (Wildman–Crippen MR) is 79.0 cm³/mol. The normalized spacial score (nSPS) is 12.5. The second-order valence-corrected chi connectivity index (χ2v) is 4.95. The lowest BCUT2D eigenvalue weighted by atomic mass is 10.0. The van der Waals surface area contributed by atoms with Crippen LogP contribution in [0.15, 0.2) is 42.6 Å². The topological polar surface area (TPSA) is 29.9 Å². The van der Waals surface area contributed by atoms with Crippen molar-refractivity contribution in [3.8, 4) is 0 Å². The van der Waals surface area contributed by atoms with E-state index in [1.54, 1.807) is 0 Å². The van der Waals surface area contributed by atoms with Crippen molar-refractivity contribution < 1.29 is 0 Å². The third kappa shape index (κ3) is 4.21. The lowest BCUT2D eigenvalue weighted by molar-refractivity contribution is 0.483. The van der Waals surface area contributed by atoms with E-state index in [0.717, 1.165) is 31.5 Å². The Balaban J connectivity index is 1.98. The van der Waals surface area contributed by atoms with Gasteiger partial charge >= 0.3 is 0 Å². The monoisotopic (exact) mass is 257 g/mol. The fourth-order valence-corrected chi connectivity index (χ4v) is 2.25. The first-order valence-electron chi connectivity index (χ1n) is 7.06. The minimum absolute atomic E-state index is 0.348. The second-order valence-electron chi connectivity index (χ2n) is 4.95. The molecule has 19 heavy (non-hydrogen) atoms. The van der Waals surface area contributed by atoms with Gasteiger partial charge < -0.3 is 5.32 Å². The summed E-state index contributed by atoms with van der Waals surface area (Å²) >= 11 is 0. The molecule has 3 nitrogen and oxygen atoms in total. The van der Waals surface area contributed by atoms with Crippen LogP contribution in [-0.2, 0) is 13.5 Å². The number of hydrogen-bond acceptors (Lipinski definition) is 2. The number of aryl methyl sites for hydroxylation is 2. The van der Waals surface area contributed by atoms with Gasteiger partial charge in [-0.05, 0) is 37.4 Å². The smallest absolute Gasteiger partial charge is 0.0793 e. The van der Waals surface area contributed by atoms with Crippen molar-refractivity contribution >= 4 is 0 Å². The van der Waals surface area contributed by atoms with Crippen LogP contribution in [0.2, 0.25) is 0 Å². The Morgan fingerprint density at radius 3 is 2.63 bits per heavy atom. The molecule has 1 unspecified atom stereocenters. The second kappa shape index (κ2) is 7.10. The van der Waals surface area contributed by atoms with Crippen molar-refractivity contribution in [2.75, 3.05) is 6.54 Å². The van der Waals surface area contributed by atoms with Crippen LogP contribution in [0, 0.1) is 0 Å². The molecule has 0 amide bonds. The minimum Gasteiger partial charge on any atom is -0.309 e. The minimum atomic E-state index is 0.348. The standard InChI is InChI=1S/C16H23N3/c1-3-12-17-15(16-11-13-19(2)18-16)10-9-14-7-5-4-6-8-14/h4-8,11,13,15,17H,3,9-10,12H2,1-2H3. The van der Waals surface area contributed by atoms with Gasteiger partial charge in [0.15, 0.2) is 0 Å². The Kier molecular flexibility index (Phi) is 5.16. The molecule has 0 saturated carbocycles. The molecule has 0 spiro atoms. The molecule has 1 aromatic heterocycles. The van der Waals surface area contributed by atoms with Gasteiger partial charge in [0.2, 0.25) is 0 Å². The third-order valence-electron chi connectivity index (χ3n) is 3.30. The number of aromatic nitrogens is 2. The van der Waals surface area contributed by atoms with Crippen LogP contribution in [0.3, 0.4) is 0 Å². The number of nitrogens with zero attached hydrogens (tertiary/aromatic N) is 2. The number of hydrogen-bond donors (Lipinski definition) is 1. The molecule has 0 radical (unpaired) electrons. The SMILES string of the molecule is CCCNC(CCc1ccccc1)c1ccn(C)n1. The number of benzene rings is 1. The molecule has 0 bridgehead atoms. The highest BCUT2D eigenvalue weighted by atomic mass is 15.3. The summed E-state index contributed by atoms with van der Waals surface area (Å²) in [4.78, 5) is 0. The van der Waals surface area contributed by atoms with E-state index in [9.17, 15) is 0 Å². The predicted octanol–water partition coefficient (Wildman–Crippen LogP) is 3.09. The zero-order valence-electron chi connectivity index (χ0n) is 11.8. The molecule has 1 heterocycles. The average Bonchev–Trinajstić information content (AvgIpc) is 2.86. The Morgan fingerprint density at radius 2 is 2.00 bits per heavy atom. The molecule has 0 aliphatic rings. The van der Waals surface area contributed by atoms with Crippen molar-refractivity contribution in [1.82, 2.24) is 15.1 Å². The molecule has 1 atom stereocenters. The fourth-order valence-electron chi connectivity index (χ4n) is 2.25. The van der Waals surface area contributed by atoms with Gasteiger partial charge in [-0.25, -0.2) is 0 Å². The zero-order valence-corrected chi connectivity index (χ0v) is 11.8.